The molecule has 1 aliphatic rings. The number of nitrogens with zero attached hydrogens (tertiary/aromatic N) is 1. The first-order chi connectivity index (χ1) is 14.4. The molecule has 0 saturated carbocycles. The molecule has 2 unspecified atom stereocenters. The van der Waals surface area contributed by atoms with Crippen molar-refractivity contribution in [3.63, 3.8) is 0 Å². The fourth-order valence-electron chi connectivity index (χ4n) is 3.61. The van der Waals surface area contributed by atoms with Gasteiger partial charge in [-0.2, -0.15) is 0 Å². The van der Waals surface area contributed by atoms with Crippen LogP contribution in [0.1, 0.15) is 34.8 Å². The van der Waals surface area contributed by atoms with E-state index in [1.165, 1.54) is 19.2 Å². The van der Waals surface area contributed by atoms with Gasteiger partial charge in [-0.3, -0.25) is 14.4 Å². The molecule has 1 heterocycles. The number of nitrogens with one attached hydrogen (secondary N) is 2. The number of carbonyl (C=O) groups excluding carboxylic acids is 3. The average molecular weight is 413 g/mol. The van der Waals surface area contributed by atoms with E-state index in [0.717, 1.165) is 5.56 Å². The van der Waals surface area contributed by atoms with Crippen LogP contribution >= 0.6 is 0 Å². The predicted octanol–water partition coefficient (Wildman–Crippen LogP) is 2.04. The van der Waals surface area contributed by atoms with Gasteiger partial charge in [0.05, 0.1) is 24.8 Å². The van der Waals surface area contributed by atoms with Crippen LogP contribution in [0.4, 0.5) is 4.39 Å². The minimum absolute atomic E-state index is 0.0609. The van der Waals surface area contributed by atoms with Crippen molar-refractivity contribution in [2.45, 2.75) is 24.9 Å². The molecule has 3 amide bonds. The fourth-order valence-corrected chi connectivity index (χ4v) is 3.61. The molecule has 1 fully saturated rings. The summed E-state index contributed by atoms with van der Waals surface area (Å²) < 4.78 is 18.4. The van der Waals surface area contributed by atoms with Crippen LogP contribution in [0.5, 0.6) is 5.75 Å². The zero-order chi connectivity index (χ0) is 21.7. The third-order valence-corrected chi connectivity index (χ3v) is 5.13. The third-order valence-electron chi connectivity index (χ3n) is 5.13. The highest BCUT2D eigenvalue weighted by Crippen LogP contribution is 2.32. The highest BCUT2D eigenvalue weighted by molar-refractivity contribution is 5.97. The van der Waals surface area contributed by atoms with Crippen molar-refractivity contribution < 1.29 is 23.5 Å². The van der Waals surface area contributed by atoms with Crippen LogP contribution in [0.15, 0.2) is 48.5 Å². The molecule has 1 saturated heterocycles. The molecule has 2 atom stereocenters. The monoisotopic (exact) mass is 413 g/mol. The van der Waals surface area contributed by atoms with E-state index in [0.29, 0.717) is 11.3 Å². The quantitative estimate of drug-likeness (QED) is 0.727. The molecule has 158 valence electrons. The summed E-state index contributed by atoms with van der Waals surface area (Å²) in [4.78, 5) is 38.4. The minimum atomic E-state index is -0.426. The van der Waals surface area contributed by atoms with Crippen LogP contribution in [-0.2, 0) is 9.59 Å². The molecule has 7 nitrogen and oxygen atoms in total. The van der Waals surface area contributed by atoms with E-state index in [1.54, 1.807) is 48.3 Å². The fraction of sp³-hybridized carbons (Fsp3) is 0.318. The SMILES string of the molecule is COc1ccccc1C(=O)NCCC(=O)NC1CC(=O)N(C)C1c1ccc(F)cc1. The van der Waals surface area contributed by atoms with Gasteiger partial charge >= 0.3 is 0 Å². The number of carbonyl (C=O) groups is 3. The molecule has 0 spiro atoms. The minimum Gasteiger partial charge on any atom is -0.496 e. The van der Waals surface area contributed by atoms with E-state index in [9.17, 15) is 18.8 Å². The van der Waals surface area contributed by atoms with E-state index in [2.05, 4.69) is 10.6 Å². The lowest BCUT2D eigenvalue weighted by Gasteiger charge is -2.26. The molecule has 0 aliphatic carbocycles. The maximum absolute atomic E-state index is 13.2. The molecular formula is C22H24FN3O4. The number of hydrogen-bond acceptors (Lipinski definition) is 4. The summed E-state index contributed by atoms with van der Waals surface area (Å²) in [6.45, 7) is 0.139. The van der Waals surface area contributed by atoms with Crippen LogP contribution in [-0.4, -0.2) is 49.4 Å². The van der Waals surface area contributed by atoms with E-state index < -0.39 is 6.04 Å². The maximum Gasteiger partial charge on any atom is 0.255 e. The van der Waals surface area contributed by atoms with Crippen LogP contribution in [0, 0.1) is 5.82 Å². The van der Waals surface area contributed by atoms with Gasteiger partial charge in [0, 0.05) is 26.4 Å². The molecule has 8 heteroatoms. The Bertz CT molecular complexity index is 932. The number of halogens is 1. The second kappa shape index (κ2) is 9.39. The van der Waals surface area contributed by atoms with Gasteiger partial charge in [0.1, 0.15) is 11.6 Å². The molecule has 2 aromatic carbocycles. The van der Waals surface area contributed by atoms with Gasteiger partial charge in [-0.1, -0.05) is 24.3 Å². The van der Waals surface area contributed by atoms with Crippen molar-refractivity contribution in [2.75, 3.05) is 20.7 Å². The Morgan fingerprint density at radius 1 is 1.17 bits per heavy atom. The van der Waals surface area contributed by atoms with Gasteiger partial charge in [0.15, 0.2) is 0 Å². The van der Waals surface area contributed by atoms with E-state index in [-0.39, 0.29) is 49.0 Å². The zero-order valence-electron chi connectivity index (χ0n) is 16.9. The second-order valence-electron chi connectivity index (χ2n) is 7.09. The second-order valence-corrected chi connectivity index (χ2v) is 7.09. The number of hydrogen-bond donors (Lipinski definition) is 2. The number of rotatable bonds is 7. The Labute approximate surface area is 174 Å². The molecule has 0 aromatic heterocycles. The lowest BCUT2D eigenvalue weighted by atomic mass is 10.00. The number of likely N-dealkylation sites (tertiary alicyclic amines) is 1. The first kappa shape index (κ1) is 21.3. The van der Waals surface area contributed by atoms with Crippen LogP contribution in [0.2, 0.25) is 0 Å². The van der Waals surface area contributed by atoms with Gasteiger partial charge < -0.3 is 20.3 Å². The van der Waals surface area contributed by atoms with Gasteiger partial charge in [0.2, 0.25) is 11.8 Å². The van der Waals surface area contributed by atoms with Crippen molar-refractivity contribution in [1.82, 2.24) is 15.5 Å². The summed E-state index contributed by atoms with van der Waals surface area (Å²) in [6, 6.07) is 11.9. The Kier molecular flexibility index (Phi) is 6.66. The summed E-state index contributed by atoms with van der Waals surface area (Å²) in [6.07, 6.45) is 0.225. The largest absolute Gasteiger partial charge is 0.496 e. The smallest absolute Gasteiger partial charge is 0.255 e. The summed E-state index contributed by atoms with van der Waals surface area (Å²) in [7, 11) is 3.15. The van der Waals surface area contributed by atoms with E-state index in [1.807, 2.05) is 0 Å². The molecule has 2 N–H and O–H groups in total. The Morgan fingerprint density at radius 2 is 1.87 bits per heavy atom. The summed E-state index contributed by atoms with van der Waals surface area (Å²) in [5, 5.41) is 5.57. The van der Waals surface area contributed by atoms with Crippen LogP contribution in [0.25, 0.3) is 0 Å². The Balaban J connectivity index is 1.56. The van der Waals surface area contributed by atoms with Crippen molar-refractivity contribution in [1.29, 1.82) is 0 Å². The third kappa shape index (κ3) is 4.76. The zero-order valence-corrected chi connectivity index (χ0v) is 16.9. The molecule has 0 bridgehead atoms. The van der Waals surface area contributed by atoms with Gasteiger partial charge in [-0.25, -0.2) is 4.39 Å². The highest BCUT2D eigenvalue weighted by atomic mass is 19.1. The molecule has 0 radical (unpaired) electrons. The standard InChI is InChI=1S/C22H24FN3O4/c1-26-20(28)13-17(21(26)14-7-9-15(23)10-8-14)25-19(27)11-12-24-22(29)16-5-3-4-6-18(16)30-2/h3-10,17,21H,11-13H2,1-2H3,(H,24,29)(H,25,27). The number of ether oxygens (including phenoxy) is 1. The molecule has 30 heavy (non-hydrogen) atoms. The first-order valence-electron chi connectivity index (χ1n) is 9.62. The maximum atomic E-state index is 13.2. The van der Waals surface area contributed by atoms with E-state index in [4.69, 9.17) is 4.74 Å². The summed E-state index contributed by atoms with van der Waals surface area (Å²) in [5.41, 5.74) is 1.14. The number of likely N-dealkylation sites (N-methyl/N-ethyl adjacent to an activating group) is 1. The van der Waals surface area contributed by atoms with Crippen molar-refractivity contribution >= 4 is 17.7 Å². The summed E-state index contributed by atoms with van der Waals surface area (Å²) in [5.74, 6) is -0.624. The predicted molar refractivity (Wildman–Crippen MR) is 108 cm³/mol. The van der Waals surface area contributed by atoms with Gasteiger partial charge in [-0.15, -0.1) is 0 Å². The molecular weight excluding hydrogens is 389 g/mol. The van der Waals surface area contributed by atoms with Crippen LogP contribution in [0.3, 0.4) is 0 Å². The molecule has 1 aliphatic heterocycles. The lowest BCUT2D eigenvalue weighted by molar-refractivity contribution is -0.127. The highest BCUT2D eigenvalue weighted by Gasteiger charge is 2.39. The number of amides is 3. The number of para-hydroxylation sites is 1. The van der Waals surface area contributed by atoms with Crippen molar-refractivity contribution in [3.05, 3.63) is 65.5 Å². The van der Waals surface area contributed by atoms with Crippen LogP contribution < -0.4 is 15.4 Å². The normalized spacial score (nSPS) is 18.2. The summed E-state index contributed by atoms with van der Waals surface area (Å²) >= 11 is 0. The van der Waals surface area contributed by atoms with Crippen molar-refractivity contribution in [2.24, 2.45) is 0 Å². The van der Waals surface area contributed by atoms with Gasteiger partial charge in [0.25, 0.3) is 5.91 Å². The van der Waals surface area contributed by atoms with Crippen molar-refractivity contribution in [3.8, 4) is 5.75 Å². The van der Waals surface area contributed by atoms with E-state index >= 15 is 0 Å². The first-order valence-corrected chi connectivity index (χ1v) is 9.62. The van der Waals surface area contributed by atoms with Gasteiger partial charge in [-0.05, 0) is 29.8 Å². The number of methoxy groups -OCH3 is 1. The Morgan fingerprint density at radius 3 is 2.57 bits per heavy atom. The molecule has 3 rings (SSSR count). The molecule has 2 aromatic rings. The average Bonchev–Trinajstić information content (AvgIpc) is 3.01. The topological polar surface area (TPSA) is 87.7 Å². The number of benzene rings is 2. The Hall–Kier alpha value is -3.42. The lowest BCUT2D eigenvalue weighted by Crippen LogP contribution is -2.40.